The lowest BCUT2D eigenvalue weighted by atomic mass is 9.96. The molecule has 0 bridgehead atoms. The largest absolute Gasteiger partial charge is 0.454 e. The number of fused-ring (bicyclic) bond motifs is 2. The Morgan fingerprint density at radius 3 is 2.90 bits per heavy atom. The topological polar surface area (TPSA) is 89.5 Å². The molecule has 5 rings (SSSR count). The number of rotatable bonds is 4. The maximum absolute atomic E-state index is 12.8. The molecular weight excluding hydrogens is 394 g/mol. The van der Waals surface area contributed by atoms with Crippen LogP contribution < -0.4 is 19.7 Å². The van der Waals surface area contributed by atoms with Crippen molar-refractivity contribution in [3.8, 4) is 11.5 Å². The SMILES string of the molecule is Cc1nc2cc(N3CCC[C@@H](C(=O)NCc4ccc5c(c4)OCO5)C3)cnc2nc1C. The summed E-state index contributed by atoms with van der Waals surface area (Å²) in [6, 6.07) is 7.77. The molecule has 160 valence electrons. The van der Waals surface area contributed by atoms with Crippen LogP contribution in [0.2, 0.25) is 0 Å². The van der Waals surface area contributed by atoms with Crippen LogP contribution in [0.25, 0.3) is 11.2 Å². The van der Waals surface area contributed by atoms with E-state index in [-0.39, 0.29) is 18.6 Å². The van der Waals surface area contributed by atoms with Crippen LogP contribution in [0, 0.1) is 19.8 Å². The van der Waals surface area contributed by atoms with Gasteiger partial charge in [-0.1, -0.05) is 6.07 Å². The van der Waals surface area contributed by atoms with Gasteiger partial charge in [0.15, 0.2) is 17.1 Å². The summed E-state index contributed by atoms with van der Waals surface area (Å²) in [5.74, 6) is 1.48. The molecule has 31 heavy (non-hydrogen) atoms. The number of hydrogen-bond donors (Lipinski definition) is 1. The van der Waals surface area contributed by atoms with Crippen molar-refractivity contribution in [1.82, 2.24) is 20.3 Å². The van der Waals surface area contributed by atoms with Gasteiger partial charge in [-0.3, -0.25) is 4.79 Å². The van der Waals surface area contributed by atoms with Crippen molar-refractivity contribution in [2.24, 2.45) is 5.92 Å². The van der Waals surface area contributed by atoms with Crippen molar-refractivity contribution in [1.29, 1.82) is 0 Å². The van der Waals surface area contributed by atoms with Crippen molar-refractivity contribution in [3.63, 3.8) is 0 Å². The Labute approximate surface area is 180 Å². The second-order valence-electron chi connectivity index (χ2n) is 8.12. The van der Waals surface area contributed by atoms with Gasteiger partial charge in [0, 0.05) is 19.6 Å². The van der Waals surface area contributed by atoms with Gasteiger partial charge >= 0.3 is 0 Å². The minimum Gasteiger partial charge on any atom is -0.454 e. The van der Waals surface area contributed by atoms with E-state index in [1.54, 1.807) is 0 Å². The quantitative estimate of drug-likeness (QED) is 0.695. The third-order valence-corrected chi connectivity index (χ3v) is 5.98. The van der Waals surface area contributed by atoms with Gasteiger partial charge in [-0.05, 0) is 50.5 Å². The molecule has 1 atom stereocenters. The zero-order chi connectivity index (χ0) is 21.4. The van der Waals surface area contributed by atoms with Crippen molar-refractivity contribution in [2.45, 2.75) is 33.2 Å². The predicted octanol–water partition coefficient (Wildman–Crippen LogP) is 2.90. The average Bonchev–Trinajstić information content (AvgIpc) is 3.26. The predicted molar refractivity (Wildman–Crippen MR) is 116 cm³/mol. The number of carbonyl (C=O) groups is 1. The van der Waals surface area contributed by atoms with Crippen molar-refractivity contribution >= 4 is 22.8 Å². The smallest absolute Gasteiger partial charge is 0.231 e. The summed E-state index contributed by atoms with van der Waals surface area (Å²) in [6.07, 6.45) is 3.67. The van der Waals surface area contributed by atoms with E-state index in [4.69, 9.17) is 9.47 Å². The van der Waals surface area contributed by atoms with E-state index in [1.165, 1.54) is 0 Å². The van der Waals surface area contributed by atoms with Gasteiger partial charge in [-0.15, -0.1) is 0 Å². The lowest BCUT2D eigenvalue weighted by molar-refractivity contribution is -0.125. The van der Waals surface area contributed by atoms with E-state index in [1.807, 2.05) is 44.3 Å². The number of piperidine rings is 1. The van der Waals surface area contributed by atoms with Crippen LogP contribution >= 0.6 is 0 Å². The van der Waals surface area contributed by atoms with Crippen LogP contribution in [0.5, 0.6) is 11.5 Å². The number of ether oxygens (including phenoxy) is 2. The summed E-state index contributed by atoms with van der Waals surface area (Å²) in [4.78, 5) is 28.7. The van der Waals surface area contributed by atoms with E-state index in [0.29, 0.717) is 18.7 Å². The minimum atomic E-state index is -0.0655. The number of nitrogens with one attached hydrogen (secondary N) is 1. The summed E-state index contributed by atoms with van der Waals surface area (Å²) in [6.45, 7) is 6.18. The molecule has 8 heteroatoms. The Balaban J connectivity index is 1.25. The molecule has 1 aromatic carbocycles. The fourth-order valence-corrected chi connectivity index (χ4v) is 4.09. The zero-order valence-electron chi connectivity index (χ0n) is 17.7. The standard InChI is InChI=1S/C23H25N5O3/c1-14-15(2)27-22-19(26-14)9-18(11-24-22)28-7-3-4-17(12-28)23(29)25-10-16-5-6-20-21(8-16)31-13-30-20/h5-6,8-9,11,17H,3-4,7,10,12-13H2,1-2H3,(H,25,29)/t17-/m1/s1. The lowest BCUT2D eigenvalue weighted by Crippen LogP contribution is -2.43. The molecule has 2 aliphatic heterocycles. The van der Waals surface area contributed by atoms with Crippen LogP contribution in [0.15, 0.2) is 30.5 Å². The number of anilines is 1. The summed E-state index contributed by atoms with van der Waals surface area (Å²) in [5, 5.41) is 3.08. The molecule has 1 N–H and O–H groups in total. The van der Waals surface area contributed by atoms with E-state index >= 15 is 0 Å². The second-order valence-corrected chi connectivity index (χ2v) is 8.12. The molecule has 1 fully saturated rings. The average molecular weight is 419 g/mol. The number of pyridine rings is 1. The molecule has 0 aliphatic carbocycles. The van der Waals surface area contributed by atoms with E-state index in [2.05, 4.69) is 25.2 Å². The Morgan fingerprint density at radius 1 is 1.16 bits per heavy atom. The lowest BCUT2D eigenvalue weighted by Gasteiger charge is -2.33. The monoisotopic (exact) mass is 419 g/mol. The first-order valence-electron chi connectivity index (χ1n) is 10.6. The van der Waals surface area contributed by atoms with Crippen LogP contribution in [0.3, 0.4) is 0 Å². The molecular formula is C23H25N5O3. The van der Waals surface area contributed by atoms with E-state index in [9.17, 15) is 4.79 Å². The third kappa shape index (κ3) is 3.97. The molecule has 0 radical (unpaired) electrons. The van der Waals surface area contributed by atoms with E-state index in [0.717, 1.165) is 59.0 Å². The van der Waals surface area contributed by atoms with Gasteiger partial charge in [0.25, 0.3) is 0 Å². The Kier molecular flexibility index (Phi) is 5.05. The molecule has 3 aromatic rings. The molecule has 8 nitrogen and oxygen atoms in total. The number of amides is 1. The summed E-state index contributed by atoms with van der Waals surface area (Å²) in [5.41, 5.74) is 5.22. The highest BCUT2D eigenvalue weighted by atomic mass is 16.7. The van der Waals surface area contributed by atoms with Gasteiger partial charge in [0.1, 0.15) is 5.52 Å². The molecule has 2 aliphatic rings. The summed E-state index contributed by atoms with van der Waals surface area (Å²) in [7, 11) is 0. The molecule has 2 aromatic heterocycles. The number of aryl methyl sites for hydroxylation is 2. The maximum Gasteiger partial charge on any atom is 0.231 e. The normalized spacial score (nSPS) is 17.7. The summed E-state index contributed by atoms with van der Waals surface area (Å²) < 4.78 is 10.8. The second kappa shape index (κ2) is 8.02. The van der Waals surface area contributed by atoms with Crippen LogP contribution in [-0.2, 0) is 11.3 Å². The molecule has 1 amide bonds. The highest BCUT2D eigenvalue weighted by molar-refractivity contribution is 5.80. The van der Waals surface area contributed by atoms with Gasteiger partial charge in [-0.2, -0.15) is 0 Å². The highest BCUT2D eigenvalue weighted by Crippen LogP contribution is 2.32. The van der Waals surface area contributed by atoms with Gasteiger partial charge in [0.2, 0.25) is 12.7 Å². The van der Waals surface area contributed by atoms with Crippen LogP contribution in [0.4, 0.5) is 5.69 Å². The molecule has 0 saturated carbocycles. The Morgan fingerprint density at radius 2 is 2.00 bits per heavy atom. The highest BCUT2D eigenvalue weighted by Gasteiger charge is 2.26. The number of carbonyl (C=O) groups excluding carboxylic acids is 1. The molecule has 0 unspecified atom stereocenters. The molecule has 4 heterocycles. The fourth-order valence-electron chi connectivity index (χ4n) is 4.09. The van der Waals surface area contributed by atoms with Gasteiger partial charge in [-0.25, -0.2) is 15.0 Å². The number of aromatic nitrogens is 3. The number of nitrogens with zero attached hydrogens (tertiary/aromatic N) is 4. The van der Waals surface area contributed by atoms with Crippen LogP contribution in [0.1, 0.15) is 29.8 Å². The van der Waals surface area contributed by atoms with Crippen LogP contribution in [-0.4, -0.2) is 40.7 Å². The fraction of sp³-hybridized carbons (Fsp3) is 0.391. The number of hydrogen-bond acceptors (Lipinski definition) is 7. The van der Waals surface area contributed by atoms with Crippen molar-refractivity contribution < 1.29 is 14.3 Å². The molecule has 1 saturated heterocycles. The number of benzene rings is 1. The van der Waals surface area contributed by atoms with Gasteiger partial charge < -0.3 is 19.7 Å². The van der Waals surface area contributed by atoms with Gasteiger partial charge in [0.05, 0.1) is 29.2 Å². The Hall–Kier alpha value is -3.42. The summed E-state index contributed by atoms with van der Waals surface area (Å²) >= 11 is 0. The first-order chi connectivity index (χ1) is 15.1. The van der Waals surface area contributed by atoms with E-state index < -0.39 is 0 Å². The van der Waals surface area contributed by atoms with Crippen molar-refractivity contribution in [3.05, 3.63) is 47.4 Å². The third-order valence-electron chi connectivity index (χ3n) is 5.98. The first kappa shape index (κ1) is 19.5. The minimum absolute atomic E-state index is 0.0655. The first-order valence-corrected chi connectivity index (χ1v) is 10.6. The maximum atomic E-state index is 12.8. The Bertz CT molecular complexity index is 1150. The zero-order valence-corrected chi connectivity index (χ0v) is 17.7. The van der Waals surface area contributed by atoms with Crippen molar-refractivity contribution in [2.75, 3.05) is 24.8 Å². The molecule has 0 spiro atoms.